The molecule has 202 valence electrons. The molecule has 10 nitrogen and oxygen atoms in total. The Kier molecular flexibility index (Phi) is 6.47. The number of anilines is 2. The molecule has 0 bridgehead atoms. The van der Waals surface area contributed by atoms with E-state index in [2.05, 4.69) is 20.3 Å². The van der Waals surface area contributed by atoms with Crippen molar-refractivity contribution in [1.82, 2.24) is 19.5 Å². The Hall–Kier alpha value is -4.70. The first-order valence-corrected chi connectivity index (χ1v) is 13.3. The van der Waals surface area contributed by atoms with Crippen LogP contribution in [0.4, 0.5) is 11.5 Å². The maximum Gasteiger partial charge on any atom is 0.265 e. The van der Waals surface area contributed by atoms with Crippen LogP contribution in [0.25, 0.3) is 27.5 Å². The van der Waals surface area contributed by atoms with Gasteiger partial charge >= 0.3 is 0 Å². The van der Waals surface area contributed by atoms with Crippen molar-refractivity contribution >= 4 is 50.8 Å². The molecular weight excluding hydrogens is 530 g/mol. The normalized spacial score (nSPS) is 15.9. The molecule has 0 aliphatic carbocycles. The van der Waals surface area contributed by atoms with E-state index in [1.54, 1.807) is 10.6 Å². The third kappa shape index (κ3) is 4.17. The van der Waals surface area contributed by atoms with Crippen LogP contribution in [0.15, 0.2) is 76.7 Å². The first-order valence-electron chi connectivity index (χ1n) is 12.9. The number of nitrogens with zero attached hydrogens (tertiary/aromatic N) is 4. The Bertz CT molecular complexity index is 1880. The fourth-order valence-electron chi connectivity index (χ4n) is 5.60. The molecule has 2 aromatic carbocycles. The summed E-state index contributed by atoms with van der Waals surface area (Å²) in [5.74, 6) is -0.108. The standard InChI is InChI=1S/C29H26ClN7O3/c1-16(35-28-23-21(38)12-13-32-27(23)33-15-34-28)25-24(30)18-9-5-10-19(36-14-6-11-20(36)26(31)39)22(18)29(40)37(25)17-7-3-2-4-8-17/h2-5,7-10,12-13,15-16,20H,6,11,14H2,1H3,(H2,31,39)(H2,32,33,34,35,38)/t16-,20-/m0/s1. The largest absolute Gasteiger partial charge is 0.368 e. The van der Waals surface area contributed by atoms with Gasteiger partial charge < -0.3 is 20.9 Å². The zero-order valence-corrected chi connectivity index (χ0v) is 22.4. The van der Waals surface area contributed by atoms with Crippen LogP contribution in [-0.4, -0.2) is 38.0 Å². The summed E-state index contributed by atoms with van der Waals surface area (Å²) >= 11 is 7.15. The molecule has 0 spiro atoms. The van der Waals surface area contributed by atoms with Gasteiger partial charge in [0.2, 0.25) is 5.91 Å². The summed E-state index contributed by atoms with van der Waals surface area (Å²) in [5.41, 5.74) is 7.31. The van der Waals surface area contributed by atoms with Crippen LogP contribution < -0.4 is 26.9 Å². The third-order valence-corrected chi connectivity index (χ3v) is 7.78. The Labute approximate surface area is 233 Å². The number of carbonyl (C=O) groups is 1. The molecule has 0 saturated carbocycles. The monoisotopic (exact) mass is 555 g/mol. The summed E-state index contributed by atoms with van der Waals surface area (Å²) in [6.45, 7) is 2.45. The maximum absolute atomic E-state index is 14.4. The van der Waals surface area contributed by atoms with Crippen LogP contribution >= 0.6 is 11.6 Å². The summed E-state index contributed by atoms with van der Waals surface area (Å²) in [6.07, 6.45) is 4.29. The number of nitrogens with one attached hydrogen (secondary N) is 2. The van der Waals surface area contributed by atoms with Crippen molar-refractivity contribution in [2.24, 2.45) is 5.73 Å². The zero-order chi connectivity index (χ0) is 28.0. The van der Waals surface area contributed by atoms with Gasteiger partial charge in [-0.3, -0.25) is 19.0 Å². The lowest BCUT2D eigenvalue weighted by Gasteiger charge is -2.28. The van der Waals surface area contributed by atoms with E-state index in [1.807, 2.05) is 54.3 Å². The first-order chi connectivity index (χ1) is 19.4. The van der Waals surface area contributed by atoms with Gasteiger partial charge in [0.25, 0.3) is 5.56 Å². The zero-order valence-electron chi connectivity index (χ0n) is 21.6. The van der Waals surface area contributed by atoms with Gasteiger partial charge in [-0.05, 0) is 38.0 Å². The molecule has 6 rings (SSSR count). The molecule has 0 unspecified atom stereocenters. The Morgan fingerprint density at radius 1 is 1.10 bits per heavy atom. The topological polar surface area (TPSA) is 139 Å². The number of fused-ring (bicyclic) bond motifs is 2. The highest BCUT2D eigenvalue weighted by molar-refractivity contribution is 6.36. The van der Waals surface area contributed by atoms with Gasteiger partial charge in [-0.1, -0.05) is 41.9 Å². The van der Waals surface area contributed by atoms with Gasteiger partial charge in [0.05, 0.1) is 27.8 Å². The molecule has 4 N–H and O–H groups in total. The van der Waals surface area contributed by atoms with E-state index in [0.29, 0.717) is 62.7 Å². The molecular formula is C29H26ClN7O3. The molecule has 4 heterocycles. The number of hydrogen-bond donors (Lipinski definition) is 3. The highest BCUT2D eigenvalue weighted by Gasteiger charge is 2.32. The number of aromatic nitrogens is 4. The van der Waals surface area contributed by atoms with Crippen molar-refractivity contribution in [2.45, 2.75) is 31.8 Å². The Morgan fingerprint density at radius 3 is 2.67 bits per heavy atom. The van der Waals surface area contributed by atoms with Gasteiger partial charge in [-0.25, -0.2) is 9.97 Å². The quantitative estimate of drug-likeness (QED) is 0.289. The number of H-pyrrole nitrogens is 1. The highest BCUT2D eigenvalue weighted by atomic mass is 35.5. The van der Waals surface area contributed by atoms with Gasteiger partial charge in [-0.2, -0.15) is 0 Å². The van der Waals surface area contributed by atoms with Gasteiger partial charge in [0.1, 0.15) is 29.2 Å². The second-order valence-electron chi connectivity index (χ2n) is 9.78. The maximum atomic E-state index is 14.4. The number of carbonyl (C=O) groups excluding carboxylic acids is 1. The lowest BCUT2D eigenvalue weighted by molar-refractivity contribution is -0.119. The van der Waals surface area contributed by atoms with Crippen LogP contribution in [0.5, 0.6) is 0 Å². The van der Waals surface area contributed by atoms with Crippen molar-refractivity contribution in [3.63, 3.8) is 0 Å². The molecule has 1 aliphatic rings. The lowest BCUT2D eigenvalue weighted by atomic mass is 10.0. The number of pyridine rings is 2. The van der Waals surface area contributed by atoms with E-state index in [-0.39, 0.29) is 11.0 Å². The van der Waals surface area contributed by atoms with Crippen molar-refractivity contribution in [1.29, 1.82) is 0 Å². The summed E-state index contributed by atoms with van der Waals surface area (Å²) in [7, 11) is 0. The van der Waals surface area contributed by atoms with Crippen molar-refractivity contribution in [3.05, 3.63) is 98.4 Å². The third-order valence-electron chi connectivity index (χ3n) is 7.38. The van der Waals surface area contributed by atoms with E-state index in [1.165, 1.54) is 18.6 Å². The number of amides is 1. The lowest BCUT2D eigenvalue weighted by Crippen LogP contribution is -2.41. The Morgan fingerprint density at radius 2 is 1.90 bits per heavy atom. The van der Waals surface area contributed by atoms with Gasteiger partial charge in [-0.15, -0.1) is 0 Å². The number of rotatable bonds is 6. The SMILES string of the molecule is C[C@H](Nc1ncnc2[nH]ccc(=O)c12)c1c(Cl)c2cccc(N3CCC[C@H]3C(N)=O)c2c(=O)n1-c1ccccc1. The number of nitrogens with two attached hydrogens (primary N) is 1. The van der Waals surface area contributed by atoms with E-state index < -0.39 is 18.0 Å². The minimum Gasteiger partial charge on any atom is -0.368 e. The second kappa shape index (κ2) is 10.1. The van der Waals surface area contributed by atoms with E-state index in [9.17, 15) is 14.4 Å². The molecule has 5 aromatic rings. The molecule has 1 amide bonds. The van der Waals surface area contributed by atoms with E-state index in [4.69, 9.17) is 17.3 Å². The fraction of sp³-hybridized carbons (Fsp3) is 0.207. The van der Waals surface area contributed by atoms with Crippen LogP contribution in [0.3, 0.4) is 0 Å². The summed E-state index contributed by atoms with van der Waals surface area (Å²) < 4.78 is 1.58. The van der Waals surface area contributed by atoms with Crippen molar-refractivity contribution in [2.75, 3.05) is 16.8 Å². The highest BCUT2D eigenvalue weighted by Crippen LogP contribution is 2.37. The number of benzene rings is 2. The molecule has 3 aromatic heterocycles. The minimum atomic E-state index is -0.559. The average molecular weight is 556 g/mol. The molecule has 2 atom stereocenters. The molecule has 11 heteroatoms. The van der Waals surface area contributed by atoms with Crippen LogP contribution in [0.2, 0.25) is 5.02 Å². The van der Waals surface area contributed by atoms with Crippen LogP contribution in [0, 0.1) is 0 Å². The predicted molar refractivity (Wildman–Crippen MR) is 156 cm³/mol. The average Bonchev–Trinajstić information content (AvgIpc) is 3.45. The number of halogens is 1. The van der Waals surface area contributed by atoms with Crippen molar-refractivity contribution < 1.29 is 4.79 Å². The van der Waals surface area contributed by atoms with Crippen LogP contribution in [0.1, 0.15) is 31.5 Å². The molecule has 1 aliphatic heterocycles. The smallest absolute Gasteiger partial charge is 0.265 e. The number of para-hydroxylation sites is 1. The molecule has 0 radical (unpaired) electrons. The van der Waals surface area contributed by atoms with Gasteiger partial charge in [0.15, 0.2) is 5.43 Å². The fourth-order valence-corrected chi connectivity index (χ4v) is 6.01. The van der Waals surface area contributed by atoms with E-state index >= 15 is 0 Å². The van der Waals surface area contributed by atoms with Crippen molar-refractivity contribution in [3.8, 4) is 5.69 Å². The summed E-state index contributed by atoms with van der Waals surface area (Å²) in [5, 5.41) is 4.92. The number of aromatic amines is 1. The van der Waals surface area contributed by atoms with Crippen LogP contribution in [-0.2, 0) is 4.79 Å². The number of primary amides is 1. The summed E-state index contributed by atoms with van der Waals surface area (Å²) in [6, 6.07) is 15.0. The predicted octanol–water partition coefficient (Wildman–Crippen LogP) is 3.90. The second-order valence-corrected chi connectivity index (χ2v) is 10.2. The molecule has 1 fully saturated rings. The van der Waals surface area contributed by atoms with Gasteiger partial charge in [0, 0.05) is 29.9 Å². The Balaban J connectivity index is 1.59. The minimum absolute atomic E-state index is 0.242. The summed E-state index contributed by atoms with van der Waals surface area (Å²) in [4.78, 5) is 52.7. The first kappa shape index (κ1) is 25.6. The van der Waals surface area contributed by atoms with E-state index in [0.717, 1.165) is 6.42 Å². The molecule has 1 saturated heterocycles. The molecule has 40 heavy (non-hydrogen) atoms. The number of hydrogen-bond acceptors (Lipinski definition) is 7.